The van der Waals surface area contributed by atoms with Crippen LogP contribution in [0, 0.1) is 0 Å². The second-order valence-corrected chi connectivity index (χ2v) is 6.44. The zero-order valence-corrected chi connectivity index (χ0v) is 15.9. The second-order valence-electron chi connectivity index (χ2n) is 6.44. The van der Waals surface area contributed by atoms with Crippen LogP contribution in [-0.2, 0) is 6.54 Å². The third kappa shape index (κ3) is 3.58. The van der Waals surface area contributed by atoms with Crippen LogP contribution in [0.3, 0.4) is 0 Å². The molecule has 0 atom stereocenters. The maximum atomic E-state index is 12.7. The molecule has 27 heavy (non-hydrogen) atoms. The molecule has 0 saturated heterocycles. The molecule has 1 amide bonds. The first-order chi connectivity index (χ1) is 13.1. The number of fused-ring (bicyclic) bond motifs is 1. The summed E-state index contributed by atoms with van der Waals surface area (Å²) >= 11 is 0. The summed E-state index contributed by atoms with van der Waals surface area (Å²) in [5.74, 6) is 0.0205. The molecule has 3 aromatic rings. The van der Waals surface area contributed by atoms with Crippen LogP contribution in [0.2, 0.25) is 0 Å². The van der Waals surface area contributed by atoms with Crippen molar-refractivity contribution in [3.8, 4) is 11.1 Å². The highest BCUT2D eigenvalue weighted by Gasteiger charge is 2.15. The summed E-state index contributed by atoms with van der Waals surface area (Å²) in [6.45, 7) is 9.61. The smallest absolute Gasteiger partial charge is 0.274 e. The molecule has 0 radical (unpaired) electrons. The van der Waals surface area contributed by atoms with Gasteiger partial charge in [0.2, 0.25) is 0 Å². The Morgan fingerprint density at radius 1 is 1.26 bits per heavy atom. The van der Waals surface area contributed by atoms with E-state index in [-0.39, 0.29) is 11.5 Å². The van der Waals surface area contributed by atoms with E-state index in [1.807, 2.05) is 50.4 Å². The van der Waals surface area contributed by atoms with E-state index in [9.17, 15) is 9.59 Å². The Bertz CT molecular complexity index is 1030. The Morgan fingerprint density at radius 2 is 2.04 bits per heavy atom. The van der Waals surface area contributed by atoms with Gasteiger partial charge in [-0.25, -0.2) is 0 Å². The van der Waals surface area contributed by atoms with Crippen LogP contribution in [0.1, 0.15) is 30.6 Å². The highest BCUT2D eigenvalue weighted by atomic mass is 16.2. The fraction of sp³-hybridized carbons (Fsp3) is 0.273. The number of rotatable bonds is 7. The summed E-state index contributed by atoms with van der Waals surface area (Å²) < 4.78 is 1.70. The van der Waals surface area contributed by atoms with Crippen LogP contribution in [0.25, 0.3) is 22.0 Å². The molecule has 0 saturated carbocycles. The zero-order valence-electron chi connectivity index (χ0n) is 15.9. The average Bonchev–Trinajstić information content (AvgIpc) is 3.19. The number of nitrogens with zero attached hydrogens (tertiary/aromatic N) is 2. The van der Waals surface area contributed by atoms with E-state index in [0.717, 1.165) is 16.5 Å². The van der Waals surface area contributed by atoms with Gasteiger partial charge in [-0.15, -0.1) is 6.58 Å². The highest BCUT2D eigenvalue weighted by Crippen LogP contribution is 2.27. The van der Waals surface area contributed by atoms with Gasteiger partial charge in [-0.05, 0) is 44.0 Å². The van der Waals surface area contributed by atoms with Crippen molar-refractivity contribution in [3.05, 3.63) is 71.3 Å². The Balaban J connectivity index is 2.12. The van der Waals surface area contributed by atoms with Crippen LogP contribution in [0.15, 0.2) is 60.2 Å². The standard InChI is InChI=1S/C22H25N3O2/c1-4-7-13-25-15-19(18-11-12-23-20(18)22(25)27)16-9-8-10-17(14-16)21(26)24(5-2)6-3/h4,8-12,14-15,23H,1,5-7,13H2,2-3H3. The predicted octanol–water partition coefficient (Wildman–Crippen LogP) is 4.05. The van der Waals surface area contributed by atoms with E-state index in [2.05, 4.69) is 11.6 Å². The van der Waals surface area contributed by atoms with Gasteiger partial charge in [0.15, 0.2) is 0 Å². The Morgan fingerprint density at radius 3 is 2.74 bits per heavy atom. The molecule has 140 valence electrons. The SMILES string of the molecule is C=CCCn1cc(-c2cccc(C(=O)N(CC)CC)c2)c2cc[nH]c2c1=O. The topological polar surface area (TPSA) is 58.1 Å². The molecular formula is C22H25N3O2. The molecule has 2 aromatic heterocycles. The maximum Gasteiger partial charge on any atom is 0.274 e. The number of H-pyrrole nitrogens is 1. The van der Waals surface area contributed by atoms with Crippen LogP contribution in [-0.4, -0.2) is 33.4 Å². The van der Waals surface area contributed by atoms with E-state index < -0.39 is 0 Å². The number of aromatic amines is 1. The number of pyridine rings is 1. The average molecular weight is 363 g/mol. The summed E-state index contributed by atoms with van der Waals surface area (Å²) in [6, 6.07) is 9.52. The Kier molecular flexibility index (Phi) is 5.60. The number of hydrogen-bond donors (Lipinski definition) is 1. The van der Waals surface area contributed by atoms with Gasteiger partial charge < -0.3 is 14.5 Å². The summed E-state index contributed by atoms with van der Waals surface area (Å²) in [5.41, 5.74) is 3.05. The molecule has 0 fully saturated rings. The number of benzene rings is 1. The first-order valence-corrected chi connectivity index (χ1v) is 9.31. The highest BCUT2D eigenvalue weighted by molar-refractivity contribution is 5.98. The third-order valence-corrected chi connectivity index (χ3v) is 4.84. The lowest BCUT2D eigenvalue weighted by atomic mass is 10.0. The van der Waals surface area contributed by atoms with E-state index in [0.29, 0.717) is 37.1 Å². The van der Waals surface area contributed by atoms with Crippen LogP contribution in [0.5, 0.6) is 0 Å². The molecule has 0 unspecified atom stereocenters. The Labute approximate surface area is 158 Å². The molecule has 2 heterocycles. The minimum absolute atomic E-state index is 0.0205. The second kappa shape index (κ2) is 8.08. The largest absolute Gasteiger partial charge is 0.357 e. The fourth-order valence-electron chi connectivity index (χ4n) is 3.34. The molecule has 0 bridgehead atoms. The Hall–Kier alpha value is -3.08. The molecule has 0 aliphatic carbocycles. The number of amides is 1. The van der Waals surface area contributed by atoms with Crippen LogP contribution >= 0.6 is 0 Å². The lowest BCUT2D eigenvalue weighted by Gasteiger charge is -2.19. The number of aromatic nitrogens is 2. The van der Waals surface area contributed by atoms with Crippen molar-refractivity contribution in [2.75, 3.05) is 13.1 Å². The molecule has 0 aliphatic rings. The van der Waals surface area contributed by atoms with Crippen molar-refractivity contribution >= 4 is 16.8 Å². The minimum Gasteiger partial charge on any atom is -0.357 e. The number of hydrogen-bond acceptors (Lipinski definition) is 2. The quantitative estimate of drug-likeness (QED) is 0.644. The van der Waals surface area contributed by atoms with E-state index >= 15 is 0 Å². The van der Waals surface area contributed by atoms with Gasteiger partial charge in [0, 0.05) is 48.5 Å². The van der Waals surface area contributed by atoms with E-state index in [1.165, 1.54) is 0 Å². The molecule has 0 spiro atoms. The van der Waals surface area contributed by atoms with Gasteiger partial charge in [0.1, 0.15) is 5.52 Å². The first-order valence-electron chi connectivity index (χ1n) is 9.31. The van der Waals surface area contributed by atoms with E-state index in [1.54, 1.807) is 21.7 Å². The number of nitrogens with one attached hydrogen (secondary N) is 1. The maximum absolute atomic E-state index is 12.7. The normalized spacial score (nSPS) is 10.9. The molecule has 5 heteroatoms. The van der Waals surface area contributed by atoms with Crippen LogP contribution in [0.4, 0.5) is 0 Å². The van der Waals surface area contributed by atoms with Crippen molar-refractivity contribution < 1.29 is 4.79 Å². The zero-order chi connectivity index (χ0) is 19.4. The van der Waals surface area contributed by atoms with Crippen molar-refractivity contribution in [2.45, 2.75) is 26.8 Å². The van der Waals surface area contributed by atoms with Gasteiger partial charge in [-0.3, -0.25) is 9.59 Å². The number of carbonyl (C=O) groups is 1. The van der Waals surface area contributed by atoms with Gasteiger partial charge >= 0.3 is 0 Å². The van der Waals surface area contributed by atoms with Crippen LogP contribution < -0.4 is 5.56 Å². The molecular weight excluding hydrogens is 338 g/mol. The van der Waals surface area contributed by atoms with Crippen molar-refractivity contribution in [2.24, 2.45) is 0 Å². The molecule has 3 rings (SSSR count). The van der Waals surface area contributed by atoms with Crippen molar-refractivity contribution in [1.29, 1.82) is 0 Å². The monoisotopic (exact) mass is 363 g/mol. The minimum atomic E-state index is -0.0454. The van der Waals surface area contributed by atoms with Gasteiger partial charge in [0.25, 0.3) is 11.5 Å². The summed E-state index contributed by atoms with van der Waals surface area (Å²) in [6.07, 6.45) is 6.17. The van der Waals surface area contributed by atoms with E-state index in [4.69, 9.17) is 0 Å². The number of aryl methyl sites for hydroxylation is 1. The lowest BCUT2D eigenvalue weighted by Crippen LogP contribution is -2.30. The molecule has 1 N–H and O–H groups in total. The molecule has 1 aromatic carbocycles. The molecule has 0 aliphatic heterocycles. The fourth-order valence-corrected chi connectivity index (χ4v) is 3.34. The molecule has 5 nitrogen and oxygen atoms in total. The summed E-state index contributed by atoms with van der Waals surface area (Å²) in [4.78, 5) is 30.2. The van der Waals surface area contributed by atoms with Gasteiger partial charge in [0.05, 0.1) is 0 Å². The number of allylic oxidation sites excluding steroid dienone is 1. The third-order valence-electron chi connectivity index (χ3n) is 4.84. The first kappa shape index (κ1) is 18.7. The summed E-state index contributed by atoms with van der Waals surface area (Å²) in [7, 11) is 0. The van der Waals surface area contributed by atoms with Gasteiger partial charge in [-0.2, -0.15) is 0 Å². The predicted molar refractivity (Wildman–Crippen MR) is 110 cm³/mol. The van der Waals surface area contributed by atoms with Crippen molar-refractivity contribution in [1.82, 2.24) is 14.5 Å². The summed E-state index contributed by atoms with van der Waals surface area (Å²) in [5, 5.41) is 0.863. The van der Waals surface area contributed by atoms with Gasteiger partial charge in [-0.1, -0.05) is 18.2 Å². The lowest BCUT2D eigenvalue weighted by molar-refractivity contribution is 0.0773. The van der Waals surface area contributed by atoms with Crippen molar-refractivity contribution in [3.63, 3.8) is 0 Å². The number of carbonyl (C=O) groups excluding carboxylic acids is 1.